The van der Waals surface area contributed by atoms with Gasteiger partial charge in [0.2, 0.25) is 0 Å². The predicted molar refractivity (Wildman–Crippen MR) is 86.6 cm³/mol. The van der Waals surface area contributed by atoms with Crippen molar-refractivity contribution < 1.29 is 0 Å². The van der Waals surface area contributed by atoms with Gasteiger partial charge in [-0.15, -0.1) is 0 Å². The van der Waals surface area contributed by atoms with E-state index in [1.165, 1.54) is 16.9 Å². The molecule has 20 heavy (non-hydrogen) atoms. The third-order valence-corrected chi connectivity index (χ3v) is 4.17. The number of aryl methyl sites for hydroxylation is 1. The highest BCUT2D eigenvalue weighted by Gasteiger charge is 2.24. The third kappa shape index (κ3) is 2.51. The minimum absolute atomic E-state index is 0.533. The summed E-state index contributed by atoms with van der Waals surface area (Å²) in [5.74, 6) is 0. The van der Waals surface area contributed by atoms with E-state index < -0.39 is 0 Å². The Morgan fingerprint density at radius 3 is 2.30 bits per heavy atom. The zero-order chi connectivity index (χ0) is 13.9. The van der Waals surface area contributed by atoms with Crippen LogP contribution < -0.4 is 9.80 Å². The fourth-order valence-corrected chi connectivity index (χ4v) is 3.10. The summed E-state index contributed by atoms with van der Waals surface area (Å²) in [6.45, 7) is 7.77. The largest absolute Gasteiger partial charge is 0.367 e. The van der Waals surface area contributed by atoms with E-state index in [2.05, 4.69) is 78.2 Å². The first-order valence-electron chi connectivity index (χ1n) is 7.38. The van der Waals surface area contributed by atoms with Crippen LogP contribution in [0.3, 0.4) is 0 Å². The van der Waals surface area contributed by atoms with Crippen LogP contribution in [0.25, 0.3) is 0 Å². The number of para-hydroxylation sites is 2. The molecule has 2 aromatic rings. The zero-order valence-electron chi connectivity index (χ0n) is 12.3. The minimum Gasteiger partial charge on any atom is -0.367 e. The van der Waals surface area contributed by atoms with E-state index in [0.29, 0.717) is 6.04 Å². The van der Waals surface area contributed by atoms with Crippen molar-refractivity contribution in [3.8, 4) is 0 Å². The van der Waals surface area contributed by atoms with E-state index in [1.807, 2.05) is 0 Å². The van der Waals surface area contributed by atoms with Crippen LogP contribution in [0, 0.1) is 6.92 Å². The Morgan fingerprint density at radius 1 is 0.900 bits per heavy atom. The summed E-state index contributed by atoms with van der Waals surface area (Å²) < 4.78 is 0. The Hall–Kier alpha value is -1.96. The van der Waals surface area contributed by atoms with E-state index in [0.717, 1.165) is 19.6 Å². The zero-order valence-corrected chi connectivity index (χ0v) is 12.3. The van der Waals surface area contributed by atoms with Crippen molar-refractivity contribution in [2.24, 2.45) is 0 Å². The highest BCUT2D eigenvalue weighted by molar-refractivity contribution is 5.56. The van der Waals surface area contributed by atoms with Crippen molar-refractivity contribution >= 4 is 11.4 Å². The lowest BCUT2D eigenvalue weighted by Crippen LogP contribution is -2.52. The fraction of sp³-hybridized carbons (Fsp3) is 0.333. The van der Waals surface area contributed by atoms with Crippen LogP contribution >= 0.6 is 0 Å². The Morgan fingerprint density at radius 2 is 1.60 bits per heavy atom. The molecule has 104 valence electrons. The van der Waals surface area contributed by atoms with Crippen LogP contribution in [-0.4, -0.2) is 25.7 Å². The van der Waals surface area contributed by atoms with Crippen molar-refractivity contribution in [3.05, 3.63) is 60.2 Å². The van der Waals surface area contributed by atoms with Gasteiger partial charge in [-0.25, -0.2) is 0 Å². The molecule has 3 rings (SSSR count). The Bertz CT molecular complexity index is 565. The first-order chi connectivity index (χ1) is 9.75. The molecule has 2 nitrogen and oxygen atoms in total. The maximum Gasteiger partial charge on any atom is 0.0437 e. The first-order valence-corrected chi connectivity index (χ1v) is 7.38. The predicted octanol–water partition coefficient (Wildman–Crippen LogP) is 3.71. The number of benzene rings is 2. The molecule has 0 saturated carbocycles. The van der Waals surface area contributed by atoms with Gasteiger partial charge >= 0.3 is 0 Å². The van der Waals surface area contributed by atoms with Crippen LogP contribution in [0.4, 0.5) is 11.4 Å². The van der Waals surface area contributed by atoms with E-state index in [9.17, 15) is 0 Å². The topological polar surface area (TPSA) is 6.48 Å². The van der Waals surface area contributed by atoms with Gasteiger partial charge in [0.15, 0.2) is 0 Å². The molecule has 1 fully saturated rings. The Balaban J connectivity index is 1.76. The van der Waals surface area contributed by atoms with Gasteiger partial charge < -0.3 is 9.80 Å². The monoisotopic (exact) mass is 266 g/mol. The van der Waals surface area contributed by atoms with Crippen molar-refractivity contribution in [2.45, 2.75) is 19.9 Å². The highest BCUT2D eigenvalue weighted by atomic mass is 15.3. The van der Waals surface area contributed by atoms with Gasteiger partial charge in [-0.1, -0.05) is 36.4 Å². The molecule has 0 spiro atoms. The maximum absolute atomic E-state index is 2.51. The molecular formula is C18H22N2. The van der Waals surface area contributed by atoms with Crippen LogP contribution in [0.5, 0.6) is 0 Å². The summed E-state index contributed by atoms with van der Waals surface area (Å²) in [4.78, 5) is 5.02. The maximum atomic E-state index is 2.51. The number of nitrogens with zero attached hydrogens (tertiary/aromatic N) is 2. The van der Waals surface area contributed by atoms with Crippen molar-refractivity contribution in [2.75, 3.05) is 29.4 Å². The average Bonchev–Trinajstić information content (AvgIpc) is 2.48. The highest BCUT2D eigenvalue weighted by Crippen LogP contribution is 2.25. The van der Waals surface area contributed by atoms with E-state index in [-0.39, 0.29) is 0 Å². The van der Waals surface area contributed by atoms with Gasteiger partial charge in [0.1, 0.15) is 0 Å². The second-order valence-corrected chi connectivity index (χ2v) is 5.61. The molecule has 0 radical (unpaired) electrons. The fourth-order valence-electron chi connectivity index (χ4n) is 3.10. The molecule has 1 aliphatic heterocycles. The molecule has 0 aliphatic carbocycles. The number of piperazine rings is 1. The molecule has 1 saturated heterocycles. The summed E-state index contributed by atoms with van der Waals surface area (Å²) in [6, 6.07) is 20.0. The smallest absolute Gasteiger partial charge is 0.0437 e. The Kier molecular flexibility index (Phi) is 3.64. The third-order valence-electron chi connectivity index (χ3n) is 4.17. The lowest BCUT2D eigenvalue weighted by molar-refractivity contribution is 0.550. The van der Waals surface area contributed by atoms with Crippen LogP contribution in [0.1, 0.15) is 12.5 Å². The molecule has 2 aromatic carbocycles. The summed E-state index contributed by atoms with van der Waals surface area (Å²) in [7, 11) is 0. The van der Waals surface area contributed by atoms with Gasteiger partial charge in [-0.2, -0.15) is 0 Å². The molecule has 0 N–H and O–H groups in total. The average molecular weight is 266 g/mol. The quantitative estimate of drug-likeness (QED) is 0.817. The second-order valence-electron chi connectivity index (χ2n) is 5.61. The molecule has 1 atom stereocenters. The van der Waals surface area contributed by atoms with Gasteiger partial charge in [-0.3, -0.25) is 0 Å². The molecular weight excluding hydrogens is 244 g/mol. The van der Waals surface area contributed by atoms with Crippen LogP contribution in [0.2, 0.25) is 0 Å². The number of anilines is 2. The molecule has 2 heteroatoms. The lowest BCUT2D eigenvalue weighted by atomic mass is 10.1. The van der Waals surface area contributed by atoms with Crippen molar-refractivity contribution in [1.29, 1.82) is 0 Å². The van der Waals surface area contributed by atoms with Gasteiger partial charge in [0.25, 0.3) is 0 Å². The standard InChI is InChI=1S/C18H22N2/c1-15-8-6-7-11-18(15)19-12-13-20(16(2)14-19)17-9-4-3-5-10-17/h3-11,16H,12-14H2,1-2H3. The van der Waals surface area contributed by atoms with Crippen molar-refractivity contribution in [1.82, 2.24) is 0 Å². The van der Waals surface area contributed by atoms with Gasteiger partial charge in [0, 0.05) is 37.1 Å². The number of hydrogen-bond acceptors (Lipinski definition) is 2. The molecule has 0 aromatic heterocycles. The van der Waals surface area contributed by atoms with E-state index >= 15 is 0 Å². The van der Waals surface area contributed by atoms with Crippen molar-refractivity contribution in [3.63, 3.8) is 0 Å². The minimum atomic E-state index is 0.533. The summed E-state index contributed by atoms with van der Waals surface area (Å²) in [5.41, 5.74) is 4.09. The SMILES string of the molecule is Cc1ccccc1N1CCN(c2ccccc2)C(C)C1. The molecule has 1 aliphatic rings. The van der Waals surface area contributed by atoms with Gasteiger partial charge in [-0.05, 0) is 37.6 Å². The van der Waals surface area contributed by atoms with E-state index in [1.54, 1.807) is 0 Å². The van der Waals surface area contributed by atoms with Crippen LogP contribution in [-0.2, 0) is 0 Å². The summed E-state index contributed by atoms with van der Waals surface area (Å²) in [6.07, 6.45) is 0. The number of rotatable bonds is 2. The summed E-state index contributed by atoms with van der Waals surface area (Å²) in [5, 5.41) is 0. The summed E-state index contributed by atoms with van der Waals surface area (Å²) >= 11 is 0. The molecule has 1 heterocycles. The first kappa shape index (κ1) is 13.0. The van der Waals surface area contributed by atoms with Gasteiger partial charge in [0.05, 0.1) is 0 Å². The Labute approximate surface area is 121 Å². The second kappa shape index (κ2) is 5.58. The lowest BCUT2D eigenvalue weighted by Gasteiger charge is -2.42. The normalized spacial score (nSPS) is 19.2. The van der Waals surface area contributed by atoms with E-state index in [4.69, 9.17) is 0 Å². The number of hydrogen-bond donors (Lipinski definition) is 0. The van der Waals surface area contributed by atoms with Crippen LogP contribution in [0.15, 0.2) is 54.6 Å². The molecule has 0 amide bonds. The molecule has 0 bridgehead atoms. The molecule has 1 unspecified atom stereocenters.